The molecule has 1 rings (SSSR count). The molecule has 3 nitrogen and oxygen atoms in total. The highest BCUT2D eigenvalue weighted by molar-refractivity contribution is 7.89. The highest BCUT2D eigenvalue weighted by atomic mass is 32.2. The van der Waals surface area contributed by atoms with Crippen molar-refractivity contribution in [1.82, 2.24) is 4.72 Å². The average Bonchev–Trinajstić information content (AvgIpc) is 2.15. The van der Waals surface area contributed by atoms with Gasteiger partial charge in [-0.1, -0.05) is 13.0 Å². The Morgan fingerprint density at radius 3 is 2.35 bits per heavy atom. The van der Waals surface area contributed by atoms with Gasteiger partial charge in [0.25, 0.3) is 0 Å². The molecule has 0 atom stereocenters. The Hall–Kier alpha value is -1.08. The van der Waals surface area contributed by atoms with Crippen molar-refractivity contribution in [2.45, 2.75) is 24.9 Å². The molecule has 0 saturated heterocycles. The van der Waals surface area contributed by atoms with E-state index < -0.39 is 21.8 Å². The number of halogens is 3. The lowest BCUT2D eigenvalue weighted by Gasteiger charge is -2.14. The van der Waals surface area contributed by atoms with E-state index in [9.17, 15) is 21.6 Å². The summed E-state index contributed by atoms with van der Waals surface area (Å²) in [5.74, 6) is 0. The molecule has 0 radical (unpaired) electrons. The molecule has 0 bridgehead atoms. The summed E-state index contributed by atoms with van der Waals surface area (Å²) >= 11 is 0. The molecule has 1 aromatic carbocycles. The summed E-state index contributed by atoms with van der Waals surface area (Å²) < 4.78 is 63.2. The van der Waals surface area contributed by atoms with Gasteiger partial charge in [-0.05, 0) is 24.6 Å². The smallest absolute Gasteiger partial charge is 0.211 e. The summed E-state index contributed by atoms with van der Waals surface area (Å²) in [7, 11) is -3.87. The fourth-order valence-electron chi connectivity index (χ4n) is 1.48. The third kappa shape index (κ3) is 2.98. The molecule has 0 heterocycles. The zero-order chi connectivity index (χ0) is 13.3. The molecular formula is C10H12F3NO2S. The van der Waals surface area contributed by atoms with E-state index in [1.54, 1.807) is 6.92 Å². The van der Waals surface area contributed by atoms with Crippen molar-refractivity contribution in [1.29, 1.82) is 0 Å². The zero-order valence-electron chi connectivity index (χ0n) is 9.30. The standard InChI is InChI=1S/C10H12F3NO2S/c1-3-14-17(15,16)9-6-4-5-8(7(9)2)10(11,12)13/h4-6,14H,3H2,1-2H3. The fourth-order valence-corrected chi connectivity index (χ4v) is 2.79. The molecule has 0 aromatic heterocycles. The van der Waals surface area contributed by atoms with Crippen LogP contribution >= 0.6 is 0 Å². The van der Waals surface area contributed by atoms with Gasteiger partial charge in [-0.3, -0.25) is 0 Å². The van der Waals surface area contributed by atoms with Crippen LogP contribution in [-0.2, 0) is 16.2 Å². The summed E-state index contributed by atoms with van der Waals surface area (Å²) in [6, 6.07) is 3.10. The first-order valence-electron chi connectivity index (χ1n) is 4.86. The summed E-state index contributed by atoms with van der Waals surface area (Å²) in [5.41, 5.74) is -1.22. The van der Waals surface area contributed by atoms with Crippen molar-refractivity contribution in [2.24, 2.45) is 0 Å². The summed E-state index contributed by atoms with van der Waals surface area (Å²) in [6.07, 6.45) is -4.55. The first kappa shape index (κ1) is 14.0. The lowest BCUT2D eigenvalue weighted by atomic mass is 10.1. The van der Waals surface area contributed by atoms with E-state index in [1.807, 2.05) is 0 Å². The minimum Gasteiger partial charge on any atom is -0.211 e. The Labute approximate surface area is 97.7 Å². The van der Waals surface area contributed by atoms with Gasteiger partial charge in [0.1, 0.15) is 0 Å². The van der Waals surface area contributed by atoms with Crippen LogP contribution in [0.3, 0.4) is 0 Å². The Balaban J connectivity index is 3.40. The SMILES string of the molecule is CCNS(=O)(=O)c1cccc(C(F)(F)F)c1C. The van der Waals surface area contributed by atoms with E-state index in [4.69, 9.17) is 0 Å². The van der Waals surface area contributed by atoms with Crippen molar-refractivity contribution in [3.05, 3.63) is 29.3 Å². The number of benzene rings is 1. The van der Waals surface area contributed by atoms with Gasteiger partial charge in [0, 0.05) is 6.54 Å². The summed E-state index contributed by atoms with van der Waals surface area (Å²) in [4.78, 5) is -0.339. The molecule has 0 aliphatic rings. The van der Waals surface area contributed by atoms with Crippen molar-refractivity contribution >= 4 is 10.0 Å². The van der Waals surface area contributed by atoms with Crippen LogP contribution in [-0.4, -0.2) is 15.0 Å². The maximum atomic E-state index is 12.6. The second-order valence-corrected chi connectivity index (χ2v) is 5.16. The Morgan fingerprint density at radius 1 is 1.29 bits per heavy atom. The molecule has 0 saturated carbocycles. The predicted octanol–water partition coefficient (Wildman–Crippen LogP) is 2.31. The third-order valence-corrected chi connectivity index (χ3v) is 3.90. The van der Waals surface area contributed by atoms with Gasteiger partial charge in [0.2, 0.25) is 10.0 Å². The van der Waals surface area contributed by atoms with Crippen LogP contribution in [0.15, 0.2) is 23.1 Å². The zero-order valence-corrected chi connectivity index (χ0v) is 10.1. The van der Waals surface area contributed by atoms with Gasteiger partial charge in [-0.25, -0.2) is 13.1 Å². The topological polar surface area (TPSA) is 46.2 Å². The van der Waals surface area contributed by atoms with Gasteiger partial charge in [0.05, 0.1) is 10.5 Å². The van der Waals surface area contributed by atoms with E-state index in [-0.39, 0.29) is 17.0 Å². The van der Waals surface area contributed by atoms with Crippen LogP contribution in [0.5, 0.6) is 0 Å². The first-order valence-corrected chi connectivity index (χ1v) is 6.35. The molecule has 7 heteroatoms. The first-order chi connectivity index (χ1) is 7.70. The van der Waals surface area contributed by atoms with Crippen molar-refractivity contribution in [2.75, 3.05) is 6.54 Å². The Bertz CT molecular complexity index is 509. The van der Waals surface area contributed by atoms with E-state index >= 15 is 0 Å². The van der Waals surface area contributed by atoms with Crippen LogP contribution in [0.2, 0.25) is 0 Å². The van der Waals surface area contributed by atoms with E-state index in [0.717, 1.165) is 25.1 Å². The van der Waals surface area contributed by atoms with Crippen LogP contribution in [0.25, 0.3) is 0 Å². The highest BCUT2D eigenvalue weighted by Gasteiger charge is 2.34. The molecule has 0 spiro atoms. The molecule has 0 unspecified atom stereocenters. The molecule has 17 heavy (non-hydrogen) atoms. The maximum Gasteiger partial charge on any atom is 0.416 e. The van der Waals surface area contributed by atoms with E-state index in [2.05, 4.69) is 4.72 Å². The largest absolute Gasteiger partial charge is 0.416 e. The van der Waals surface area contributed by atoms with Crippen molar-refractivity contribution in [3.8, 4) is 0 Å². The third-order valence-electron chi connectivity index (χ3n) is 2.21. The molecule has 0 fully saturated rings. The van der Waals surface area contributed by atoms with Gasteiger partial charge in [-0.2, -0.15) is 13.2 Å². The lowest BCUT2D eigenvalue weighted by molar-refractivity contribution is -0.138. The number of hydrogen-bond acceptors (Lipinski definition) is 2. The molecule has 0 aliphatic carbocycles. The highest BCUT2D eigenvalue weighted by Crippen LogP contribution is 2.33. The average molecular weight is 267 g/mol. The molecule has 96 valence electrons. The molecule has 1 N–H and O–H groups in total. The second kappa shape index (κ2) is 4.66. The van der Waals surface area contributed by atoms with Gasteiger partial charge < -0.3 is 0 Å². The van der Waals surface area contributed by atoms with Crippen LogP contribution in [0.1, 0.15) is 18.1 Å². The van der Waals surface area contributed by atoms with Gasteiger partial charge in [-0.15, -0.1) is 0 Å². The number of sulfonamides is 1. The Kier molecular flexibility index (Phi) is 3.83. The maximum absolute atomic E-state index is 12.6. The molecule has 1 aromatic rings. The minimum atomic E-state index is -4.55. The minimum absolute atomic E-state index is 0.123. The molecular weight excluding hydrogens is 255 g/mol. The lowest BCUT2D eigenvalue weighted by Crippen LogP contribution is -2.24. The quantitative estimate of drug-likeness (QED) is 0.913. The van der Waals surface area contributed by atoms with Crippen molar-refractivity contribution in [3.63, 3.8) is 0 Å². The summed E-state index contributed by atoms with van der Waals surface area (Å²) in [5, 5.41) is 0. The van der Waals surface area contributed by atoms with Crippen molar-refractivity contribution < 1.29 is 21.6 Å². The molecule has 0 amide bonds. The normalized spacial score (nSPS) is 12.8. The molecule has 0 aliphatic heterocycles. The van der Waals surface area contributed by atoms with Crippen LogP contribution in [0.4, 0.5) is 13.2 Å². The number of hydrogen-bond donors (Lipinski definition) is 1. The number of nitrogens with one attached hydrogen (secondary N) is 1. The number of rotatable bonds is 3. The summed E-state index contributed by atoms with van der Waals surface area (Å²) in [6.45, 7) is 2.82. The van der Waals surface area contributed by atoms with Gasteiger partial charge >= 0.3 is 6.18 Å². The Morgan fingerprint density at radius 2 is 1.88 bits per heavy atom. The van der Waals surface area contributed by atoms with E-state index in [0.29, 0.717) is 0 Å². The number of alkyl halides is 3. The van der Waals surface area contributed by atoms with E-state index in [1.165, 1.54) is 0 Å². The monoisotopic (exact) mass is 267 g/mol. The second-order valence-electron chi connectivity index (χ2n) is 3.43. The van der Waals surface area contributed by atoms with Crippen LogP contribution < -0.4 is 4.72 Å². The predicted molar refractivity (Wildman–Crippen MR) is 57.0 cm³/mol. The van der Waals surface area contributed by atoms with Crippen LogP contribution in [0, 0.1) is 6.92 Å². The fraction of sp³-hybridized carbons (Fsp3) is 0.400. The van der Waals surface area contributed by atoms with Gasteiger partial charge in [0.15, 0.2) is 0 Å².